The Hall–Kier alpha value is -2.94. The molecule has 3 heterocycles. The summed E-state index contributed by atoms with van der Waals surface area (Å²) in [4.78, 5) is 31.6. The zero-order valence-electron chi connectivity index (χ0n) is 18.0. The molecule has 0 saturated carbocycles. The highest BCUT2D eigenvalue weighted by molar-refractivity contribution is 7.20. The lowest BCUT2D eigenvalue weighted by Gasteiger charge is -2.29. The number of hydrogen-bond donors (Lipinski definition) is 1. The van der Waals surface area contributed by atoms with Crippen molar-refractivity contribution in [1.82, 2.24) is 19.9 Å². The molecule has 1 aromatic carbocycles. The second kappa shape index (κ2) is 9.05. The number of piperidine rings is 1. The minimum atomic E-state index is -0.442. The van der Waals surface area contributed by atoms with Crippen LogP contribution in [0, 0.1) is 5.92 Å². The zero-order chi connectivity index (χ0) is 22.0. The Morgan fingerprint density at radius 3 is 2.65 bits per heavy atom. The quantitative estimate of drug-likeness (QED) is 0.632. The maximum absolute atomic E-state index is 12.9. The maximum atomic E-state index is 12.9. The van der Waals surface area contributed by atoms with Gasteiger partial charge in [0.15, 0.2) is 0 Å². The van der Waals surface area contributed by atoms with E-state index in [1.165, 1.54) is 21.9 Å². The maximum Gasteiger partial charge on any atom is 0.274 e. The van der Waals surface area contributed by atoms with Gasteiger partial charge in [-0.15, -0.1) is 5.10 Å². The summed E-state index contributed by atoms with van der Waals surface area (Å²) in [6.07, 6.45) is 2.32. The second-order valence-electron chi connectivity index (χ2n) is 8.22. The van der Waals surface area contributed by atoms with E-state index in [2.05, 4.69) is 27.2 Å². The molecule has 0 spiro atoms. The van der Waals surface area contributed by atoms with Crippen molar-refractivity contribution in [3.63, 3.8) is 0 Å². The molecule has 1 fully saturated rings. The molecule has 0 aliphatic carbocycles. The molecule has 0 radical (unpaired) electrons. The summed E-state index contributed by atoms with van der Waals surface area (Å²) in [5, 5.41) is 8.26. The molecule has 1 amide bonds. The van der Waals surface area contributed by atoms with Crippen molar-refractivity contribution in [3.05, 3.63) is 51.9 Å². The molecule has 1 N–H and O–H groups in total. The molecule has 9 heteroatoms. The van der Waals surface area contributed by atoms with E-state index in [1.807, 2.05) is 38.1 Å². The van der Waals surface area contributed by atoms with Crippen LogP contribution in [0.5, 0.6) is 5.75 Å². The third kappa shape index (κ3) is 5.04. The molecular weight excluding hydrogens is 414 g/mol. The third-order valence-corrected chi connectivity index (χ3v) is 6.25. The Bertz CT molecular complexity index is 1110. The van der Waals surface area contributed by atoms with Crippen LogP contribution in [0.4, 0.5) is 5.13 Å². The Kier molecular flexibility index (Phi) is 6.22. The van der Waals surface area contributed by atoms with Crippen LogP contribution in [-0.2, 0) is 6.54 Å². The van der Waals surface area contributed by atoms with Gasteiger partial charge in [-0.2, -0.15) is 9.50 Å². The monoisotopic (exact) mass is 441 g/mol. The van der Waals surface area contributed by atoms with Gasteiger partial charge in [-0.05, 0) is 50.3 Å². The van der Waals surface area contributed by atoms with Crippen LogP contribution in [0.3, 0.4) is 0 Å². The molecule has 2 aromatic heterocycles. The first-order chi connectivity index (χ1) is 14.9. The lowest BCUT2D eigenvalue weighted by molar-refractivity contribution is 0.0943. The number of carbonyl (C=O) groups excluding carboxylic acids is 1. The van der Waals surface area contributed by atoms with Crippen molar-refractivity contribution in [2.75, 3.05) is 18.0 Å². The number of benzene rings is 1. The van der Waals surface area contributed by atoms with E-state index in [9.17, 15) is 9.59 Å². The van der Waals surface area contributed by atoms with Crippen molar-refractivity contribution in [3.8, 4) is 5.75 Å². The average molecular weight is 442 g/mol. The fourth-order valence-electron chi connectivity index (χ4n) is 3.53. The second-order valence-corrected chi connectivity index (χ2v) is 9.16. The van der Waals surface area contributed by atoms with Crippen molar-refractivity contribution in [2.45, 2.75) is 46.3 Å². The fraction of sp³-hybridized carbons (Fsp3) is 0.455. The first kappa shape index (κ1) is 21.3. The topological polar surface area (TPSA) is 88.8 Å². The molecule has 0 bridgehead atoms. The number of amides is 1. The van der Waals surface area contributed by atoms with Gasteiger partial charge in [-0.25, -0.2) is 0 Å². The Morgan fingerprint density at radius 1 is 1.26 bits per heavy atom. The highest BCUT2D eigenvalue weighted by Gasteiger charge is 2.22. The molecule has 1 aliphatic heterocycles. The number of hydrogen-bond acceptors (Lipinski definition) is 7. The molecule has 31 heavy (non-hydrogen) atoms. The van der Waals surface area contributed by atoms with E-state index in [0.29, 0.717) is 17.4 Å². The highest BCUT2D eigenvalue weighted by Crippen LogP contribution is 2.27. The van der Waals surface area contributed by atoms with Crippen molar-refractivity contribution in [2.24, 2.45) is 5.92 Å². The molecule has 1 saturated heterocycles. The van der Waals surface area contributed by atoms with Crippen LogP contribution in [0.25, 0.3) is 4.96 Å². The summed E-state index contributed by atoms with van der Waals surface area (Å²) < 4.78 is 7.12. The number of ether oxygens (including phenoxy) is 1. The van der Waals surface area contributed by atoms with Gasteiger partial charge in [0.25, 0.3) is 11.5 Å². The number of nitrogens with one attached hydrogen (secondary N) is 1. The van der Waals surface area contributed by atoms with E-state index >= 15 is 0 Å². The fourth-order valence-corrected chi connectivity index (χ4v) is 4.48. The van der Waals surface area contributed by atoms with E-state index in [-0.39, 0.29) is 17.7 Å². The summed E-state index contributed by atoms with van der Waals surface area (Å²) in [6, 6.07) is 8.81. The standard InChI is InChI=1S/C22H27N5O3S/c1-14(2)30-17-6-4-16(5-7-17)13-23-20(29)18-12-19(28)24-21-27(18)25-22(31-21)26-10-8-15(3)9-11-26/h4-7,12,14-15H,8-11,13H2,1-3H3,(H,23,29). The first-order valence-corrected chi connectivity index (χ1v) is 11.4. The minimum Gasteiger partial charge on any atom is -0.491 e. The number of nitrogens with zero attached hydrogens (tertiary/aromatic N) is 4. The van der Waals surface area contributed by atoms with Crippen LogP contribution in [0.2, 0.25) is 0 Å². The number of fused-ring (bicyclic) bond motifs is 1. The number of aromatic nitrogens is 3. The lowest BCUT2D eigenvalue weighted by Crippen LogP contribution is -2.32. The first-order valence-electron chi connectivity index (χ1n) is 10.6. The van der Waals surface area contributed by atoms with Crippen LogP contribution in [0.15, 0.2) is 35.1 Å². The van der Waals surface area contributed by atoms with Gasteiger partial charge < -0.3 is 15.0 Å². The summed E-state index contributed by atoms with van der Waals surface area (Å²) in [5.74, 6) is 1.13. The van der Waals surface area contributed by atoms with Gasteiger partial charge in [0.05, 0.1) is 6.10 Å². The van der Waals surface area contributed by atoms with E-state index in [0.717, 1.165) is 42.4 Å². The van der Waals surface area contributed by atoms with E-state index < -0.39 is 5.56 Å². The predicted octanol–water partition coefficient (Wildman–Crippen LogP) is 3.10. The van der Waals surface area contributed by atoms with Gasteiger partial charge in [-0.3, -0.25) is 9.59 Å². The molecule has 164 valence electrons. The zero-order valence-corrected chi connectivity index (χ0v) is 18.8. The van der Waals surface area contributed by atoms with Crippen molar-refractivity contribution >= 4 is 27.3 Å². The van der Waals surface area contributed by atoms with Gasteiger partial charge in [0, 0.05) is 25.7 Å². The lowest BCUT2D eigenvalue weighted by atomic mass is 10.00. The summed E-state index contributed by atoms with van der Waals surface area (Å²) in [7, 11) is 0. The molecular formula is C22H27N5O3S. The molecule has 0 atom stereocenters. The molecule has 3 aromatic rings. The SMILES string of the molecule is CC1CCN(c2nn3c(C(=O)NCc4ccc(OC(C)C)cc4)cc(=O)nc3s2)CC1. The van der Waals surface area contributed by atoms with Gasteiger partial charge >= 0.3 is 0 Å². The Balaban J connectivity index is 1.50. The van der Waals surface area contributed by atoms with Gasteiger partial charge in [0.1, 0.15) is 11.4 Å². The minimum absolute atomic E-state index is 0.106. The van der Waals surface area contributed by atoms with Crippen LogP contribution >= 0.6 is 11.3 Å². The summed E-state index contributed by atoms with van der Waals surface area (Å²) >= 11 is 1.34. The van der Waals surface area contributed by atoms with Crippen LogP contribution in [0.1, 0.15) is 49.7 Å². The van der Waals surface area contributed by atoms with Gasteiger partial charge in [-0.1, -0.05) is 30.4 Å². The molecule has 1 aliphatic rings. The average Bonchev–Trinajstić information content (AvgIpc) is 3.16. The number of anilines is 1. The smallest absolute Gasteiger partial charge is 0.274 e. The Morgan fingerprint density at radius 2 is 1.97 bits per heavy atom. The number of carbonyl (C=O) groups is 1. The van der Waals surface area contributed by atoms with Crippen LogP contribution in [-0.4, -0.2) is 39.7 Å². The molecule has 0 unspecified atom stereocenters. The Labute approximate surface area is 184 Å². The van der Waals surface area contributed by atoms with E-state index in [1.54, 1.807) is 0 Å². The van der Waals surface area contributed by atoms with Crippen molar-refractivity contribution in [1.29, 1.82) is 0 Å². The predicted molar refractivity (Wildman–Crippen MR) is 121 cm³/mol. The van der Waals surface area contributed by atoms with Crippen LogP contribution < -0.4 is 20.5 Å². The third-order valence-electron chi connectivity index (χ3n) is 5.28. The highest BCUT2D eigenvalue weighted by atomic mass is 32.1. The normalized spacial score (nSPS) is 14.9. The van der Waals surface area contributed by atoms with Gasteiger partial charge in [0.2, 0.25) is 10.1 Å². The summed E-state index contributed by atoms with van der Waals surface area (Å²) in [5.41, 5.74) is 0.689. The molecule has 4 rings (SSSR count). The largest absolute Gasteiger partial charge is 0.491 e. The van der Waals surface area contributed by atoms with E-state index in [4.69, 9.17) is 4.74 Å². The number of rotatable bonds is 6. The molecule has 8 nitrogen and oxygen atoms in total. The van der Waals surface area contributed by atoms with Crippen molar-refractivity contribution < 1.29 is 9.53 Å². The summed E-state index contributed by atoms with van der Waals surface area (Å²) in [6.45, 7) is 8.37.